The van der Waals surface area contributed by atoms with Crippen molar-refractivity contribution < 1.29 is 14.6 Å². The Kier molecular flexibility index (Phi) is 6.50. The topological polar surface area (TPSA) is 50.7 Å². The second kappa shape index (κ2) is 7.66. The van der Waals surface area contributed by atoms with Crippen LogP contribution in [0.4, 0.5) is 0 Å². The van der Waals surface area contributed by atoms with Gasteiger partial charge in [-0.25, -0.2) is 0 Å². The Bertz CT molecular complexity index is 347. The van der Waals surface area contributed by atoms with Crippen LogP contribution < -0.4 is 5.32 Å². The molecule has 17 heavy (non-hydrogen) atoms. The van der Waals surface area contributed by atoms with E-state index in [0.29, 0.717) is 25.4 Å². The van der Waals surface area contributed by atoms with Crippen molar-refractivity contribution in [2.24, 2.45) is 0 Å². The molecule has 4 nitrogen and oxygen atoms in total. The van der Waals surface area contributed by atoms with E-state index in [-0.39, 0.29) is 6.10 Å². The highest BCUT2D eigenvalue weighted by molar-refractivity contribution is 9.10. The number of aromatic hydroxyl groups is 1. The van der Waals surface area contributed by atoms with Gasteiger partial charge in [0.05, 0.1) is 12.7 Å². The molecule has 0 aliphatic carbocycles. The summed E-state index contributed by atoms with van der Waals surface area (Å²) in [7, 11) is 3.30. The van der Waals surface area contributed by atoms with Gasteiger partial charge in [-0.1, -0.05) is 15.9 Å². The Morgan fingerprint density at radius 3 is 2.82 bits per heavy atom. The van der Waals surface area contributed by atoms with E-state index in [1.54, 1.807) is 20.3 Å². The molecule has 5 heteroatoms. The van der Waals surface area contributed by atoms with E-state index in [9.17, 15) is 5.11 Å². The summed E-state index contributed by atoms with van der Waals surface area (Å²) in [5, 5.41) is 12.9. The van der Waals surface area contributed by atoms with Crippen LogP contribution in [0.25, 0.3) is 0 Å². The van der Waals surface area contributed by atoms with Crippen LogP contribution in [0, 0.1) is 0 Å². The smallest absolute Gasteiger partial charge is 0.120 e. The minimum Gasteiger partial charge on any atom is -0.508 e. The van der Waals surface area contributed by atoms with Crippen LogP contribution in [0.1, 0.15) is 5.56 Å². The van der Waals surface area contributed by atoms with Crippen molar-refractivity contribution >= 4 is 15.9 Å². The number of hydrogen-bond donors (Lipinski definition) is 2. The molecule has 1 aromatic carbocycles. The number of rotatable bonds is 7. The molecule has 96 valence electrons. The summed E-state index contributed by atoms with van der Waals surface area (Å²) in [6.45, 7) is 1.82. The number of halogens is 1. The van der Waals surface area contributed by atoms with Crippen LogP contribution in [0.15, 0.2) is 22.7 Å². The van der Waals surface area contributed by atoms with Crippen molar-refractivity contribution in [1.29, 1.82) is 0 Å². The fourth-order valence-electron chi connectivity index (χ4n) is 1.46. The molecule has 0 saturated heterocycles. The molecule has 1 rings (SSSR count). The average molecular weight is 304 g/mol. The Balaban J connectivity index is 2.42. The van der Waals surface area contributed by atoms with Crippen LogP contribution in [-0.4, -0.2) is 38.6 Å². The van der Waals surface area contributed by atoms with Crippen molar-refractivity contribution in [2.75, 3.05) is 27.4 Å². The quantitative estimate of drug-likeness (QED) is 0.808. The Morgan fingerprint density at radius 2 is 2.18 bits per heavy atom. The SMILES string of the molecule is COCC(CNCc1cc(Br)ccc1O)OC. The molecule has 0 radical (unpaired) electrons. The van der Waals surface area contributed by atoms with Crippen LogP contribution >= 0.6 is 15.9 Å². The van der Waals surface area contributed by atoms with E-state index in [4.69, 9.17) is 9.47 Å². The molecular weight excluding hydrogens is 286 g/mol. The standard InChI is InChI=1S/C12H18BrNO3/c1-16-8-11(17-2)7-14-6-9-5-10(13)3-4-12(9)15/h3-5,11,14-15H,6-8H2,1-2H3. The van der Waals surface area contributed by atoms with Crippen LogP contribution in [0.5, 0.6) is 5.75 Å². The monoisotopic (exact) mass is 303 g/mol. The van der Waals surface area contributed by atoms with Gasteiger partial charge in [-0.3, -0.25) is 0 Å². The molecule has 0 aromatic heterocycles. The maximum absolute atomic E-state index is 9.64. The minimum atomic E-state index is 0.0225. The Hall–Kier alpha value is -0.620. The van der Waals surface area contributed by atoms with E-state index in [0.717, 1.165) is 10.0 Å². The third-order valence-corrected chi connectivity index (χ3v) is 2.91. The number of ether oxygens (including phenoxy) is 2. The lowest BCUT2D eigenvalue weighted by Crippen LogP contribution is -2.31. The number of phenols is 1. The predicted octanol–water partition coefficient (Wildman–Crippen LogP) is 1.91. The fourth-order valence-corrected chi connectivity index (χ4v) is 1.87. The first-order valence-corrected chi connectivity index (χ1v) is 6.16. The van der Waals surface area contributed by atoms with E-state index in [1.807, 2.05) is 12.1 Å². The first kappa shape index (κ1) is 14.4. The average Bonchev–Trinajstić information content (AvgIpc) is 2.32. The Morgan fingerprint density at radius 1 is 1.41 bits per heavy atom. The normalized spacial score (nSPS) is 12.6. The molecule has 0 spiro atoms. The molecule has 1 unspecified atom stereocenters. The van der Waals surface area contributed by atoms with Gasteiger partial charge in [0.15, 0.2) is 0 Å². The number of methoxy groups -OCH3 is 2. The molecule has 1 atom stereocenters. The summed E-state index contributed by atoms with van der Waals surface area (Å²) in [5.74, 6) is 0.293. The van der Waals surface area contributed by atoms with Crippen molar-refractivity contribution in [1.82, 2.24) is 5.32 Å². The van der Waals surface area contributed by atoms with Gasteiger partial charge in [-0.2, -0.15) is 0 Å². The van der Waals surface area contributed by atoms with Gasteiger partial charge in [0, 0.05) is 37.3 Å². The number of benzene rings is 1. The zero-order valence-electron chi connectivity index (χ0n) is 10.1. The van der Waals surface area contributed by atoms with Gasteiger partial charge in [0.2, 0.25) is 0 Å². The number of hydrogen-bond acceptors (Lipinski definition) is 4. The summed E-state index contributed by atoms with van der Waals surface area (Å²) in [5.41, 5.74) is 0.853. The van der Waals surface area contributed by atoms with Crippen molar-refractivity contribution in [3.05, 3.63) is 28.2 Å². The highest BCUT2D eigenvalue weighted by Crippen LogP contribution is 2.21. The van der Waals surface area contributed by atoms with Crippen molar-refractivity contribution in [3.8, 4) is 5.75 Å². The molecule has 1 aromatic rings. The van der Waals surface area contributed by atoms with Crippen LogP contribution in [0.2, 0.25) is 0 Å². The molecule has 0 heterocycles. The molecular formula is C12H18BrNO3. The predicted molar refractivity (Wildman–Crippen MR) is 70.2 cm³/mol. The van der Waals surface area contributed by atoms with Gasteiger partial charge >= 0.3 is 0 Å². The highest BCUT2D eigenvalue weighted by Gasteiger charge is 2.07. The first-order valence-electron chi connectivity index (χ1n) is 5.37. The summed E-state index contributed by atoms with van der Waals surface area (Å²) < 4.78 is 11.2. The zero-order valence-corrected chi connectivity index (χ0v) is 11.7. The van der Waals surface area contributed by atoms with E-state index < -0.39 is 0 Å². The summed E-state index contributed by atoms with van der Waals surface area (Å²) in [6, 6.07) is 5.37. The highest BCUT2D eigenvalue weighted by atomic mass is 79.9. The fraction of sp³-hybridized carbons (Fsp3) is 0.500. The maximum Gasteiger partial charge on any atom is 0.120 e. The lowest BCUT2D eigenvalue weighted by molar-refractivity contribution is 0.0287. The van der Waals surface area contributed by atoms with Gasteiger partial charge in [0.1, 0.15) is 5.75 Å². The molecule has 0 fully saturated rings. The minimum absolute atomic E-state index is 0.0225. The van der Waals surface area contributed by atoms with E-state index in [1.165, 1.54) is 0 Å². The van der Waals surface area contributed by atoms with Crippen LogP contribution in [0.3, 0.4) is 0 Å². The molecule has 2 N–H and O–H groups in total. The summed E-state index contributed by atoms with van der Waals surface area (Å²) in [4.78, 5) is 0. The lowest BCUT2D eigenvalue weighted by atomic mass is 10.2. The molecule has 0 saturated carbocycles. The van der Waals surface area contributed by atoms with Gasteiger partial charge < -0.3 is 19.9 Å². The van der Waals surface area contributed by atoms with Gasteiger partial charge in [-0.15, -0.1) is 0 Å². The largest absolute Gasteiger partial charge is 0.508 e. The zero-order chi connectivity index (χ0) is 12.7. The molecule has 0 amide bonds. The maximum atomic E-state index is 9.64. The van der Waals surface area contributed by atoms with Crippen LogP contribution in [-0.2, 0) is 16.0 Å². The Labute approximate surface area is 110 Å². The summed E-state index contributed by atoms with van der Waals surface area (Å²) in [6.07, 6.45) is 0.0225. The number of nitrogens with one attached hydrogen (secondary N) is 1. The number of phenolic OH excluding ortho intramolecular Hbond substituents is 1. The summed E-state index contributed by atoms with van der Waals surface area (Å²) >= 11 is 3.37. The molecule has 0 aliphatic heterocycles. The van der Waals surface area contributed by atoms with Gasteiger partial charge in [0.25, 0.3) is 0 Å². The third-order valence-electron chi connectivity index (χ3n) is 2.41. The van der Waals surface area contributed by atoms with E-state index in [2.05, 4.69) is 21.2 Å². The van der Waals surface area contributed by atoms with Crippen molar-refractivity contribution in [3.63, 3.8) is 0 Å². The lowest BCUT2D eigenvalue weighted by Gasteiger charge is -2.15. The third kappa shape index (κ3) is 5.04. The second-order valence-electron chi connectivity index (χ2n) is 3.72. The van der Waals surface area contributed by atoms with Gasteiger partial charge in [-0.05, 0) is 18.2 Å². The molecule has 0 bridgehead atoms. The van der Waals surface area contributed by atoms with Crippen molar-refractivity contribution in [2.45, 2.75) is 12.6 Å². The molecule has 0 aliphatic rings. The van der Waals surface area contributed by atoms with E-state index >= 15 is 0 Å². The first-order chi connectivity index (χ1) is 8.17. The second-order valence-corrected chi connectivity index (χ2v) is 4.63.